The zero-order chi connectivity index (χ0) is 16.5. The molecule has 0 aromatic heterocycles. The summed E-state index contributed by atoms with van der Waals surface area (Å²) in [5, 5.41) is 30.1. The number of nitrogen functional groups attached to an aromatic ring is 3. The predicted molar refractivity (Wildman–Crippen MR) is 87.2 cm³/mol. The molecule has 0 radical (unpaired) electrons. The molecule has 0 saturated heterocycles. The third-order valence-corrected chi connectivity index (χ3v) is 3.50. The summed E-state index contributed by atoms with van der Waals surface area (Å²) in [4.78, 5) is 0. The standard InChI is InChI=1S/C16H19N3O3/c1-9(12-7-11(17)3-5-14(12)18)16(21,22)13-4-2-10(8-20)6-15(13)19/h2-7,20-22H,1,8,17-19H2. The highest BCUT2D eigenvalue weighted by atomic mass is 16.5. The number of rotatable bonds is 4. The highest BCUT2D eigenvalue weighted by Gasteiger charge is 2.33. The number of nitrogens with two attached hydrogens (primary N) is 3. The van der Waals surface area contributed by atoms with Crippen molar-refractivity contribution in [2.45, 2.75) is 12.4 Å². The van der Waals surface area contributed by atoms with Gasteiger partial charge in [0.2, 0.25) is 5.79 Å². The molecule has 0 bridgehead atoms. The van der Waals surface area contributed by atoms with Crippen LogP contribution in [0.3, 0.4) is 0 Å². The van der Waals surface area contributed by atoms with Gasteiger partial charge in [-0.2, -0.15) is 0 Å². The van der Waals surface area contributed by atoms with Crippen molar-refractivity contribution in [2.75, 3.05) is 17.2 Å². The fourth-order valence-electron chi connectivity index (χ4n) is 2.21. The first-order valence-corrected chi connectivity index (χ1v) is 6.56. The Morgan fingerprint density at radius 1 is 1.00 bits per heavy atom. The van der Waals surface area contributed by atoms with Crippen LogP contribution in [0.1, 0.15) is 16.7 Å². The molecule has 0 saturated carbocycles. The third kappa shape index (κ3) is 2.75. The van der Waals surface area contributed by atoms with Crippen LogP contribution in [0.15, 0.2) is 43.0 Å². The second kappa shape index (κ2) is 5.69. The van der Waals surface area contributed by atoms with E-state index in [0.717, 1.165) is 0 Å². The van der Waals surface area contributed by atoms with Crippen LogP contribution >= 0.6 is 0 Å². The van der Waals surface area contributed by atoms with Gasteiger partial charge in [-0.25, -0.2) is 0 Å². The summed E-state index contributed by atoms with van der Waals surface area (Å²) in [7, 11) is 0. The Morgan fingerprint density at radius 2 is 1.68 bits per heavy atom. The van der Waals surface area contributed by atoms with Crippen LogP contribution in [-0.2, 0) is 12.4 Å². The van der Waals surface area contributed by atoms with E-state index < -0.39 is 5.79 Å². The first kappa shape index (κ1) is 15.8. The fourth-order valence-corrected chi connectivity index (χ4v) is 2.21. The molecule has 0 aliphatic rings. The van der Waals surface area contributed by atoms with Crippen LogP contribution in [0.25, 0.3) is 5.57 Å². The van der Waals surface area contributed by atoms with Crippen LogP contribution in [0.2, 0.25) is 0 Å². The molecule has 0 unspecified atom stereocenters. The highest BCUT2D eigenvalue weighted by molar-refractivity contribution is 5.81. The van der Waals surface area contributed by atoms with Crippen molar-refractivity contribution in [3.8, 4) is 0 Å². The summed E-state index contributed by atoms with van der Waals surface area (Å²) >= 11 is 0. The molecular weight excluding hydrogens is 282 g/mol. The zero-order valence-electron chi connectivity index (χ0n) is 12.0. The maximum atomic E-state index is 10.5. The van der Waals surface area contributed by atoms with Gasteiger partial charge in [-0.15, -0.1) is 0 Å². The number of hydrogen-bond acceptors (Lipinski definition) is 6. The smallest absolute Gasteiger partial charge is 0.219 e. The van der Waals surface area contributed by atoms with Crippen LogP contribution in [0.5, 0.6) is 0 Å². The maximum Gasteiger partial charge on any atom is 0.219 e. The molecule has 0 amide bonds. The molecule has 0 spiro atoms. The largest absolute Gasteiger partial charge is 0.399 e. The third-order valence-electron chi connectivity index (χ3n) is 3.50. The van der Waals surface area contributed by atoms with E-state index in [1.165, 1.54) is 18.2 Å². The van der Waals surface area contributed by atoms with Gasteiger partial charge in [-0.1, -0.05) is 18.7 Å². The van der Waals surface area contributed by atoms with Crippen molar-refractivity contribution < 1.29 is 15.3 Å². The van der Waals surface area contributed by atoms with Crippen LogP contribution < -0.4 is 17.2 Å². The Balaban J connectivity index is 2.49. The molecule has 2 aromatic rings. The summed E-state index contributed by atoms with van der Waals surface area (Å²) in [6.07, 6.45) is 0. The molecular formula is C16H19N3O3. The molecule has 2 aromatic carbocycles. The van der Waals surface area contributed by atoms with Crippen molar-refractivity contribution in [1.82, 2.24) is 0 Å². The van der Waals surface area contributed by atoms with Crippen LogP contribution in [0.4, 0.5) is 17.1 Å². The van der Waals surface area contributed by atoms with E-state index >= 15 is 0 Å². The van der Waals surface area contributed by atoms with Crippen molar-refractivity contribution >= 4 is 22.6 Å². The van der Waals surface area contributed by atoms with E-state index in [9.17, 15) is 10.2 Å². The predicted octanol–water partition coefficient (Wildman–Crippen LogP) is 0.776. The molecule has 0 fully saturated rings. The summed E-state index contributed by atoms with van der Waals surface area (Å²) in [6, 6.07) is 9.11. The first-order chi connectivity index (χ1) is 10.3. The minimum absolute atomic E-state index is 0.0410. The van der Waals surface area contributed by atoms with Gasteiger partial charge >= 0.3 is 0 Å². The zero-order valence-corrected chi connectivity index (χ0v) is 12.0. The molecule has 9 N–H and O–H groups in total. The van der Waals surface area contributed by atoms with E-state index in [4.69, 9.17) is 22.3 Å². The minimum atomic E-state index is -2.42. The lowest BCUT2D eigenvalue weighted by molar-refractivity contribution is -0.114. The lowest BCUT2D eigenvalue weighted by atomic mass is 9.90. The van der Waals surface area contributed by atoms with Gasteiger partial charge in [-0.05, 0) is 29.8 Å². The monoisotopic (exact) mass is 301 g/mol. The Hall–Kier alpha value is -2.54. The molecule has 0 aliphatic carbocycles. The molecule has 116 valence electrons. The average molecular weight is 301 g/mol. The van der Waals surface area contributed by atoms with Gasteiger partial charge < -0.3 is 32.5 Å². The van der Waals surface area contributed by atoms with E-state index in [0.29, 0.717) is 22.5 Å². The molecule has 0 aliphatic heterocycles. The molecule has 0 heterocycles. The van der Waals surface area contributed by atoms with Gasteiger partial charge in [0.25, 0.3) is 0 Å². The SMILES string of the molecule is C=C(c1cc(N)ccc1N)C(O)(O)c1ccc(CO)cc1N. The quantitative estimate of drug-likeness (QED) is 0.364. The van der Waals surface area contributed by atoms with E-state index in [-0.39, 0.29) is 23.4 Å². The van der Waals surface area contributed by atoms with Crippen molar-refractivity contribution in [3.63, 3.8) is 0 Å². The number of benzene rings is 2. The van der Waals surface area contributed by atoms with Gasteiger partial charge in [-0.3, -0.25) is 0 Å². The number of aliphatic hydroxyl groups excluding tert-OH is 1. The minimum Gasteiger partial charge on any atom is -0.399 e. The second-order valence-corrected chi connectivity index (χ2v) is 5.08. The Labute approximate surface area is 128 Å². The molecule has 2 rings (SSSR count). The maximum absolute atomic E-state index is 10.5. The van der Waals surface area contributed by atoms with Crippen molar-refractivity contribution in [3.05, 3.63) is 59.7 Å². The Kier molecular flexibility index (Phi) is 4.09. The number of hydrogen-bond donors (Lipinski definition) is 6. The molecule has 0 atom stereocenters. The average Bonchev–Trinajstić information content (AvgIpc) is 2.48. The summed E-state index contributed by atoms with van der Waals surface area (Å²) in [5.41, 5.74) is 19.2. The first-order valence-electron chi connectivity index (χ1n) is 6.56. The molecule has 6 heteroatoms. The molecule has 6 nitrogen and oxygen atoms in total. The summed E-state index contributed by atoms with van der Waals surface area (Å²) < 4.78 is 0. The lowest BCUT2D eigenvalue weighted by Gasteiger charge is -2.27. The van der Waals surface area contributed by atoms with Crippen molar-refractivity contribution in [1.29, 1.82) is 0 Å². The second-order valence-electron chi connectivity index (χ2n) is 5.08. The summed E-state index contributed by atoms with van der Waals surface area (Å²) in [5.74, 6) is -2.42. The number of anilines is 3. The Bertz CT molecular complexity index is 727. The van der Waals surface area contributed by atoms with Gasteiger partial charge in [0.15, 0.2) is 0 Å². The fraction of sp³-hybridized carbons (Fsp3) is 0.125. The van der Waals surface area contributed by atoms with E-state index in [1.807, 2.05) is 0 Å². The van der Waals surface area contributed by atoms with E-state index in [1.54, 1.807) is 18.2 Å². The lowest BCUT2D eigenvalue weighted by Crippen LogP contribution is -2.28. The number of aliphatic hydroxyl groups is 3. The van der Waals surface area contributed by atoms with Gasteiger partial charge in [0.1, 0.15) is 0 Å². The highest BCUT2D eigenvalue weighted by Crippen LogP contribution is 2.38. The van der Waals surface area contributed by atoms with Crippen LogP contribution in [0, 0.1) is 0 Å². The van der Waals surface area contributed by atoms with Gasteiger partial charge in [0, 0.05) is 33.8 Å². The normalized spacial score (nSPS) is 11.4. The Morgan fingerprint density at radius 3 is 2.27 bits per heavy atom. The van der Waals surface area contributed by atoms with Gasteiger partial charge in [0.05, 0.1) is 6.61 Å². The van der Waals surface area contributed by atoms with E-state index in [2.05, 4.69) is 6.58 Å². The summed E-state index contributed by atoms with van der Waals surface area (Å²) in [6.45, 7) is 3.52. The van der Waals surface area contributed by atoms with Crippen LogP contribution in [-0.4, -0.2) is 15.3 Å². The molecule has 22 heavy (non-hydrogen) atoms. The van der Waals surface area contributed by atoms with Crippen molar-refractivity contribution in [2.24, 2.45) is 0 Å². The topological polar surface area (TPSA) is 139 Å².